The van der Waals surface area contributed by atoms with Gasteiger partial charge in [0.15, 0.2) is 11.5 Å². The van der Waals surface area contributed by atoms with Crippen molar-refractivity contribution >= 4 is 33.1 Å². The van der Waals surface area contributed by atoms with Gasteiger partial charge in [-0.05, 0) is 48.5 Å². The Balaban J connectivity index is 1.74. The number of hydrazine groups is 3. The van der Waals surface area contributed by atoms with E-state index < -0.39 is 67.6 Å². The predicted octanol–water partition coefficient (Wildman–Crippen LogP) is 2.83. The number of nitrogens with two attached hydrogens (primary N) is 1. The van der Waals surface area contributed by atoms with Crippen LogP contribution < -0.4 is 21.4 Å². The number of rotatable bonds is 7. The summed E-state index contributed by atoms with van der Waals surface area (Å²) in [5.74, 6) is -8.29. The molecule has 10 nitrogen and oxygen atoms in total. The Kier molecular flexibility index (Phi) is 6.97. The number of ketones is 1. The summed E-state index contributed by atoms with van der Waals surface area (Å²) in [7, 11) is -3.57. The minimum Gasteiger partial charge on any atom is -0.382 e. The van der Waals surface area contributed by atoms with E-state index in [0.29, 0.717) is 5.01 Å². The van der Waals surface area contributed by atoms with Crippen LogP contribution >= 0.6 is 0 Å². The molecule has 198 valence electrons. The quantitative estimate of drug-likeness (QED) is 0.261. The molecule has 0 spiro atoms. The highest BCUT2D eigenvalue weighted by atomic mass is 32.2. The number of carbonyl (C=O) groups excluding carboxylic acids is 2. The minimum absolute atomic E-state index is 0.176. The zero-order valence-electron chi connectivity index (χ0n) is 19.3. The van der Waals surface area contributed by atoms with E-state index in [4.69, 9.17) is 5.73 Å². The molecule has 0 unspecified atom stereocenters. The van der Waals surface area contributed by atoms with Crippen LogP contribution in [0, 0.1) is 23.3 Å². The van der Waals surface area contributed by atoms with Gasteiger partial charge in [-0.25, -0.2) is 31.0 Å². The van der Waals surface area contributed by atoms with Gasteiger partial charge in [0, 0.05) is 5.69 Å². The van der Waals surface area contributed by atoms with Crippen LogP contribution in [0.4, 0.5) is 28.9 Å². The number of Topliss-reactive ketones (excluding diaryl/α,β-unsaturated/α-hetero) is 1. The first-order valence-electron chi connectivity index (χ1n) is 10.5. The maximum Gasteiger partial charge on any atom is 0.281 e. The highest BCUT2D eigenvalue weighted by Gasteiger charge is 2.39. The van der Waals surface area contributed by atoms with E-state index in [2.05, 4.69) is 15.7 Å². The molecule has 0 radical (unpaired) electrons. The van der Waals surface area contributed by atoms with E-state index in [1.54, 1.807) is 0 Å². The van der Waals surface area contributed by atoms with E-state index >= 15 is 0 Å². The first-order chi connectivity index (χ1) is 17.9. The fourth-order valence-electron chi connectivity index (χ4n) is 3.48. The normalized spacial score (nSPS) is 13.6. The fraction of sp³-hybridized carbons (Fsp3) is 0.0435. The number of benzene rings is 3. The van der Waals surface area contributed by atoms with Crippen molar-refractivity contribution in [2.24, 2.45) is 5.73 Å². The predicted molar refractivity (Wildman–Crippen MR) is 128 cm³/mol. The summed E-state index contributed by atoms with van der Waals surface area (Å²) in [6, 6.07) is 10.8. The largest absolute Gasteiger partial charge is 0.382 e. The lowest BCUT2D eigenvalue weighted by molar-refractivity contribution is 0.0614. The first-order valence-corrected chi connectivity index (χ1v) is 12.4. The number of amides is 1. The number of carbonyl (C=O) groups is 2. The summed E-state index contributed by atoms with van der Waals surface area (Å²) >= 11 is 0. The standard InChI is InChI=1S/C23H18F4N6O4S/c1-38(36,37)30-13-10-8-12(9-11-13)29-33-20(21(34)18-14(24)4-2-5-15(18)25)22(28)32(31-33)23(35)19-16(26)6-3-7-17(19)27/h2-11,29-31H,28H2,1H3. The second-order valence-electron chi connectivity index (χ2n) is 7.90. The molecular formula is C23H18F4N6O4S. The van der Waals surface area contributed by atoms with E-state index in [-0.39, 0.29) is 11.4 Å². The highest BCUT2D eigenvalue weighted by molar-refractivity contribution is 7.92. The Morgan fingerprint density at radius 2 is 1.29 bits per heavy atom. The maximum atomic E-state index is 14.4. The SMILES string of the molecule is CS(=O)(=O)Nc1ccc(NN2NN(C(=O)c3c(F)cccc3F)C(N)=C2C(=O)c2c(F)cccc2F)cc1. The molecule has 0 saturated carbocycles. The molecule has 5 N–H and O–H groups in total. The van der Waals surface area contributed by atoms with E-state index in [0.717, 1.165) is 47.8 Å². The number of hydrogen-bond acceptors (Lipinski definition) is 8. The van der Waals surface area contributed by atoms with Gasteiger partial charge in [0.1, 0.15) is 28.8 Å². The summed E-state index contributed by atoms with van der Waals surface area (Å²) in [4.78, 5) is 26.2. The molecular weight excluding hydrogens is 532 g/mol. The lowest BCUT2D eigenvalue weighted by atomic mass is 10.1. The summed E-state index contributed by atoms with van der Waals surface area (Å²) in [5, 5.41) is 1.14. The van der Waals surface area contributed by atoms with Gasteiger partial charge in [-0.3, -0.25) is 19.7 Å². The third-order valence-electron chi connectivity index (χ3n) is 5.12. The second-order valence-corrected chi connectivity index (χ2v) is 9.64. The van der Waals surface area contributed by atoms with Crippen molar-refractivity contribution in [3.8, 4) is 0 Å². The number of sulfonamides is 1. The van der Waals surface area contributed by atoms with Gasteiger partial charge in [-0.1, -0.05) is 12.1 Å². The summed E-state index contributed by atoms with van der Waals surface area (Å²) in [6.45, 7) is 0. The van der Waals surface area contributed by atoms with Crippen LogP contribution in [0.2, 0.25) is 0 Å². The van der Waals surface area contributed by atoms with Crippen LogP contribution in [0.3, 0.4) is 0 Å². The molecule has 38 heavy (non-hydrogen) atoms. The lowest BCUT2D eigenvalue weighted by Crippen LogP contribution is -2.48. The van der Waals surface area contributed by atoms with Gasteiger partial charge >= 0.3 is 0 Å². The van der Waals surface area contributed by atoms with Gasteiger partial charge < -0.3 is 5.73 Å². The third kappa shape index (κ3) is 5.23. The number of anilines is 2. The smallest absolute Gasteiger partial charge is 0.281 e. The van der Waals surface area contributed by atoms with E-state index in [1.807, 2.05) is 0 Å². The average molecular weight is 550 g/mol. The van der Waals surface area contributed by atoms with Crippen molar-refractivity contribution in [3.63, 3.8) is 0 Å². The van der Waals surface area contributed by atoms with Gasteiger partial charge in [0.25, 0.3) is 5.91 Å². The molecule has 0 bridgehead atoms. The molecule has 0 fully saturated rings. The van der Waals surface area contributed by atoms with Gasteiger partial charge in [-0.15, -0.1) is 5.53 Å². The van der Waals surface area contributed by atoms with Crippen molar-refractivity contribution in [1.82, 2.24) is 15.7 Å². The summed E-state index contributed by atoms with van der Waals surface area (Å²) in [5.41, 5.74) is 8.62. The van der Waals surface area contributed by atoms with Gasteiger partial charge in [0.05, 0.1) is 17.5 Å². The van der Waals surface area contributed by atoms with E-state index in [1.165, 1.54) is 24.3 Å². The number of hydrogen-bond donors (Lipinski definition) is 4. The van der Waals surface area contributed by atoms with Crippen molar-refractivity contribution in [1.29, 1.82) is 0 Å². The summed E-state index contributed by atoms with van der Waals surface area (Å²) < 4.78 is 82.5. The maximum absolute atomic E-state index is 14.4. The summed E-state index contributed by atoms with van der Waals surface area (Å²) in [6.07, 6.45) is 0.949. The van der Waals surface area contributed by atoms with E-state index in [9.17, 15) is 35.6 Å². The minimum atomic E-state index is -3.57. The molecule has 1 aliphatic rings. The highest BCUT2D eigenvalue weighted by Crippen LogP contribution is 2.27. The van der Waals surface area contributed by atoms with Crippen molar-refractivity contribution in [2.75, 3.05) is 16.4 Å². The Labute approximate surface area is 213 Å². The second kappa shape index (κ2) is 10.0. The zero-order valence-corrected chi connectivity index (χ0v) is 20.1. The Morgan fingerprint density at radius 3 is 1.79 bits per heavy atom. The molecule has 1 aliphatic heterocycles. The van der Waals surface area contributed by atoms with Crippen molar-refractivity contribution in [2.45, 2.75) is 0 Å². The molecule has 0 aliphatic carbocycles. The fourth-order valence-corrected chi connectivity index (χ4v) is 4.05. The molecule has 1 heterocycles. The first kappa shape index (κ1) is 26.4. The molecule has 3 aromatic rings. The van der Waals surface area contributed by atoms with Crippen LogP contribution in [0.25, 0.3) is 0 Å². The van der Waals surface area contributed by atoms with Crippen LogP contribution in [0.15, 0.2) is 72.2 Å². The van der Waals surface area contributed by atoms with Crippen molar-refractivity contribution < 1.29 is 35.6 Å². The molecule has 0 aromatic heterocycles. The molecule has 4 rings (SSSR count). The Hall–Kier alpha value is -4.63. The average Bonchev–Trinajstić information content (AvgIpc) is 3.14. The topological polar surface area (TPSA) is 137 Å². The zero-order chi connectivity index (χ0) is 27.8. The number of allylic oxidation sites excluding steroid dienone is 1. The van der Waals surface area contributed by atoms with Gasteiger partial charge in [0.2, 0.25) is 15.8 Å². The molecule has 0 atom stereocenters. The number of nitrogens with zero attached hydrogens (tertiary/aromatic N) is 2. The Morgan fingerprint density at radius 1 is 0.816 bits per heavy atom. The lowest BCUT2D eigenvalue weighted by Gasteiger charge is -2.25. The van der Waals surface area contributed by atoms with Crippen LogP contribution in [0.5, 0.6) is 0 Å². The third-order valence-corrected chi connectivity index (χ3v) is 5.73. The Bertz CT molecular complexity index is 1540. The monoisotopic (exact) mass is 550 g/mol. The molecule has 1 amide bonds. The van der Waals surface area contributed by atoms with Crippen LogP contribution in [-0.2, 0) is 10.0 Å². The molecule has 15 heteroatoms. The molecule has 3 aromatic carbocycles. The molecule has 0 saturated heterocycles. The van der Waals surface area contributed by atoms with Gasteiger partial charge in [-0.2, -0.15) is 5.12 Å². The number of halogens is 4. The van der Waals surface area contributed by atoms with Crippen LogP contribution in [-0.4, -0.2) is 36.5 Å². The number of nitrogens with one attached hydrogen (secondary N) is 3. The van der Waals surface area contributed by atoms with Crippen molar-refractivity contribution in [3.05, 3.63) is 107 Å². The van der Waals surface area contributed by atoms with Crippen LogP contribution in [0.1, 0.15) is 20.7 Å².